The number of piperidine rings is 1. The minimum Gasteiger partial charge on any atom is -0.393 e. The van der Waals surface area contributed by atoms with E-state index in [0.29, 0.717) is 11.9 Å². The fraction of sp³-hybridized carbons (Fsp3) is 0.750. The summed E-state index contributed by atoms with van der Waals surface area (Å²) in [7, 11) is 0. The Morgan fingerprint density at radius 1 is 1.42 bits per heavy atom. The highest BCUT2D eigenvalue weighted by atomic mass is 35.5. The zero-order valence-corrected chi connectivity index (χ0v) is 12.1. The van der Waals surface area contributed by atoms with Crippen molar-refractivity contribution in [3.8, 4) is 0 Å². The van der Waals surface area contributed by atoms with Crippen LogP contribution in [0, 0.1) is 5.92 Å². The highest BCUT2D eigenvalue weighted by molar-refractivity contribution is 6.28. The van der Waals surface area contributed by atoms with Crippen molar-refractivity contribution in [2.45, 2.75) is 32.8 Å². The minimum atomic E-state index is -0.244. The summed E-state index contributed by atoms with van der Waals surface area (Å²) >= 11 is 5.93. The average Bonchev–Trinajstić information content (AvgIpc) is 2.39. The van der Waals surface area contributed by atoms with Crippen LogP contribution in [0.4, 0.5) is 11.9 Å². The van der Waals surface area contributed by atoms with Crippen LogP contribution in [0.25, 0.3) is 0 Å². The zero-order valence-electron chi connectivity index (χ0n) is 11.3. The lowest BCUT2D eigenvalue weighted by molar-refractivity contribution is 0.0966. The van der Waals surface area contributed by atoms with Gasteiger partial charge in [0.1, 0.15) is 0 Å². The Balaban J connectivity index is 2.13. The minimum absolute atomic E-state index is 0.197. The lowest BCUT2D eigenvalue weighted by Crippen LogP contribution is -2.42. The second-order valence-electron chi connectivity index (χ2n) is 4.93. The Hall–Kier alpha value is -1.14. The largest absolute Gasteiger partial charge is 0.393 e. The van der Waals surface area contributed by atoms with Crippen LogP contribution in [0.2, 0.25) is 5.28 Å². The lowest BCUT2D eigenvalue weighted by Gasteiger charge is -2.34. The van der Waals surface area contributed by atoms with E-state index >= 15 is 0 Å². The number of rotatable bonds is 4. The van der Waals surface area contributed by atoms with Crippen LogP contribution in [-0.4, -0.2) is 45.8 Å². The summed E-state index contributed by atoms with van der Waals surface area (Å²) in [6.45, 7) is 6.36. The van der Waals surface area contributed by atoms with E-state index in [9.17, 15) is 5.11 Å². The summed E-state index contributed by atoms with van der Waals surface area (Å²) in [5, 5.41) is 13.1. The molecule has 1 aromatic heterocycles. The molecule has 0 radical (unpaired) electrons. The van der Waals surface area contributed by atoms with Crippen molar-refractivity contribution in [1.82, 2.24) is 15.0 Å². The molecule has 1 aliphatic rings. The number of hydrogen-bond acceptors (Lipinski definition) is 6. The molecule has 0 bridgehead atoms. The van der Waals surface area contributed by atoms with Gasteiger partial charge in [-0.2, -0.15) is 15.0 Å². The smallest absolute Gasteiger partial charge is 0.231 e. The molecule has 106 valence electrons. The van der Waals surface area contributed by atoms with Crippen molar-refractivity contribution in [2.24, 2.45) is 5.92 Å². The molecule has 2 rings (SSSR count). The molecule has 1 aliphatic heterocycles. The van der Waals surface area contributed by atoms with Gasteiger partial charge in [0, 0.05) is 19.6 Å². The van der Waals surface area contributed by atoms with Gasteiger partial charge in [0.15, 0.2) is 0 Å². The SMILES string of the molecule is CCCNc1nc(Cl)nc(N2CCC(O)C(C)C2)n1. The maximum atomic E-state index is 9.75. The van der Waals surface area contributed by atoms with Crippen LogP contribution >= 0.6 is 11.6 Å². The topological polar surface area (TPSA) is 74.2 Å². The molecule has 2 atom stereocenters. The summed E-state index contributed by atoms with van der Waals surface area (Å²) in [5.41, 5.74) is 0. The molecule has 1 saturated heterocycles. The van der Waals surface area contributed by atoms with Gasteiger partial charge in [-0.3, -0.25) is 0 Å². The second kappa shape index (κ2) is 6.34. The van der Waals surface area contributed by atoms with Gasteiger partial charge in [-0.05, 0) is 30.4 Å². The number of anilines is 2. The van der Waals surface area contributed by atoms with Crippen LogP contribution in [0.5, 0.6) is 0 Å². The third kappa shape index (κ3) is 3.67. The molecule has 2 N–H and O–H groups in total. The first-order valence-electron chi connectivity index (χ1n) is 6.68. The molecular weight excluding hydrogens is 266 g/mol. The zero-order chi connectivity index (χ0) is 13.8. The third-order valence-corrected chi connectivity index (χ3v) is 3.44. The standard InChI is InChI=1S/C12H20ClN5O/c1-3-5-14-11-15-10(13)16-12(17-11)18-6-4-9(19)8(2)7-18/h8-9,19H,3-7H2,1-2H3,(H,14,15,16,17). The molecule has 0 aromatic carbocycles. The predicted molar refractivity (Wildman–Crippen MR) is 75.6 cm³/mol. The van der Waals surface area contributed by atoms with Gasteiger partial charge in [-0.15, -0.1) is 0 Å². The monoisotopic (exact) mass is 285 g/mol. The molecule has 1 fully saturated rings. The molecule has 6 nitrogen and oxygen atoms in total. The Morgan fingerprint density at radius 2 is 2.21 bits per heavy atom. The molecule has 2 unspecified atom stereocenters. The first-order valence-corrected chi connectivity index (χ1v) is 7.06. The average molecular weight is 286 g/mol. The quantitative estimate of drug-likeness (QED) is 0.874. The predicted octanol–water partition coefficient (Wildman–Crippen LogP) is 1.55. The van der Waals surface area contributed by atoms with Crippen molar-refractivity contribution in [3.63, 3.8) is 0 Å². The van der Waals surface area contributed by atoms with Crippen LogP contribution in [0.3, 0.4) is 0 Å². The second-order valence-corrected chi connectivity index (χ2v) is 5.27. The van der Waals surface area contributed by atoms with E-state index in [1.165, 1.54) is 0 Å². The number of nitrogens with zero attached hydrogens (tertiary/aromatic N) is 4. The Kier molecular flexibility index (Phi) is 4.76. The van der Waals surface area contributed by atoms with E-state index < -0.39 is 0 Å². The van der Waals surface area contributed by atoms with Crippen molar-refractivity contribution in [1.29, 1.82) is 0 Å². The first kappa shape index (κ1) is 14.3. The molecule has 7 heteroatoms. The molecule has 0 spiro atoms. The molecule has 0 amide bonds. The number of hydrogen-bond donors (Lipinski definition) is 2. The molecular formula is C12H20ClN5O. The summed E-state index contributed by atoms with van der Waals surface area (Å²) in [6.07, 6.45) is 1.47. The summed E-state index contributed by atoms with van der Waals surface area (Å²) < 4.78 is 0. The van der Waals surface area contributed by atoms with E-state index in [4.69, 9.17) is 11.6 Å². The lowest BCUT2D eigenvalue weighted by atomic mass is 9.97. The van der Waals surface area contributed by atoms with Gasteiger partial charge in [-0.1, -0.05) is 13.8 Å². The highest BCUT2D eigenvalue weighted by Gasteiger charge is 2.26. The molecule has 19 heavy (non-hydrogen) atoms. The van der Waals surface area contributed by atoms with E-state index in [1.54, 1.807) is 0 Å². The Bertz CT molecular complexity index is 431. The van der Waals surface area contributed by atoms with Gasteiger partial charge in [0.25, 0.3) is 0 Å². The molecule has 0 aliphatic carbocycles. The van der Waals surface area contributed by atoms with Crippen LogP contribution in [0.1, 0.15) is 26.7 Å². The fourth-order valence-electron chi connectivity index (χ4n) is 2.11. The van der Waals surface area contributed by atoms with E-state index in [1.807, 2.05) is 11.8 Å². The summed E-state index contributed by atoms with van der Waals surface area (Å²) in [6, 6.07) is 0. The summed E-state index contributed by atoms with van der Waals surface area (Å²) in [4.78, 5) is 14.7. The normalized spacial score (nSPS) is 23.5. The van der Waals surface area contributed by atoms with E-state index in [0.717, 1.165) is 32.5 Å². The Labute approximate surface area is 118 Å². The number of halogens is 1. The van der Waals surface area contributed by atoms with E-state index in [2.05, 4.69) is 27.2 Å². The van der Waals surface area contributed by atoms with Gasteiger partial charge in [0.05, 0.1) is 6.10 Å². The number of aliphatic hydroxyl groups excluding tert-OH is 1. The van der Waals surface area contributed by atoms with Crippen molar-refractivity contribution >= 4 is 23.5 Å². The highest BCUT2D eigenvalue weighted by Crippen LogP contribution is 2.22. The van der Waals surface area contributed by atoms with Crippen molar-refractivity contribution in [3.05, 3.63) is 5.28 Å². The number of aromatic nitrogens is 3. The molecule has 0 saturated carbocycles. The third-order valence-electron chi connectivity index (χ3n) is 3.27. The van der Waals surface area contributed by atoms with E-state index in [-0.39, 0.29) is 17.3 Å². The summed E-state index contributed by atoms with van der Waals surface area (Å²) in [5.74, 6) is 1.30. The van der Waals surface area contributed by atoms with Crippen molar-refractivity contribution < 1.29 is 5.11 Å². The van der Waals surface area contributed by atoms with Gasteiger partial charge < -0.3 is 15.3 Å². The van der Waals surface area contributed by atoms with Gasteiger partial charge >= 0.3 is 0 Å². The Morgan fingerprint density at radius 3 is 2.89 bits per heavy atom. The molecule has 2 heterocycles. The van der Waals surface area contributed by atoms with Crippen LogP contribution < -0.4 is 10.2 Å². The first-order chi connectivity index (χ1) is 9.10. The number of aliphatic hydroxyl groups is 1. The van der Waals surface area contributed by atoms with Crippen LogP contribution in [0.15, 0.2) is 0 Å². The fourth-order valence-corrected chi connectivity index (χ4v) is 2.27. The maximum absolute atomic E-state index is 9.75. The maximum Gasteiger partial charge on any atom is 0.231 e. The molecule has 1 aromatic rings. The van der Waals surface area contributed by atoms with Crippen molar-refractivity contribution in [2.75, 3.05) is 29.9 Å². The number of nitrogens with one attached hydrogen (secondary N) is 1. The van der Waals surface area contributed by atoms with Gasteiger partial charge in [0.2, 0.25) is 17.2 Å². The van der Waals surface area contributed by atoms with Gasteiger partial charge in [-0.25, -0.2) is 0 Å². The van der Waals surface area contributed by atoms with Crippen LogP contribution in [-0.2, 0) is 0 Å².